The molecule has 0 saturated heterocycles. The number of alkyl halides is 1. The maximum Gasteiger partial charge on any atom is 0.188 e. The number of aliphatic hydroxyl groups excluding tert-OH is 1. The standard InChI is InChI=1S/C10H11ClO3/c11-4-5-14-9-3-1-2-8(6-9)10(13)7-12/h1-3,6,12H,4-5,7H2. The maximum absolute atomic E-state index is 11.1. The summed E-state index contributed by atoms with van der Waals surface area (Å²) in [5.41, 5.74) is 0.444. The van der Waals surface area contributed by atoms with Crippen LogP contribution in [0.3, 0.4) is 0 Å². The van der Waals surface area contributed by atoms with E-state index < -0.39 is 6.61 Å². The maximum atomic E-state index is 11.1. The molecule has 0 fully saturated rings. The van der Waals surface area contributed by atoms with Crippen LogP contribution in [-0.4, -0.2) is 30.0 Å². The summed E-state index contributed by atoms with van der Waals surface area (Å²) in [6, 6.07) is 6.66. The number of ether oxygens (including phenoxy) is 1. The number of benzene rings is 1. The molecule has 0 spiro atoms. The molecule has 0 atom stereocenters. The summed E-state index contributed by atoms with van der Waals surface area (Å²) in [5.74, 6) is 0.671. The van der Waals surface area contributed by atoms with E-state index in [0.717, 1.165) is 0 Å². The number of carbonyl (C=O) groups is 1. The van der Waals surface area contributed by atoms with Crippen molar-refractivity contribution in [1.82, 2.24) is 0 Å². The van der Waals surface area contributed by atoms with E-state index >= 15 is 0 Å². The van der Waals surface area contributed by atoms with E-state index in [0.29, 0.717) is 23.8 Å². The number of halogens is 1. The Morgan fingerprint density at radius 2 is 2.29 bits per heavy atom. The van der Waals surface area contributed by atoms with Gasteiger partial charge in [-0.05, 0) is 12.1 Å². The molecule has 0 aliphatic carbocycles. The topological polar surface area (TPSA) is 46.5 Å². The largest absolute Gasteiger partial charge is 0.492 e. The lowest BCUT2D eigenvalue weighted by atomic mass is 10.1. The Hall–Kier alpha value is -1.06. The zero-order valence-corrected chi connectivity index (χ0v) is 8.33. The number of rotatable bonds is 5. The van der Waals surface area contributed by atoms with Crippen LogP contribution in [0.15, 0.2) is 24.3 Å². The van der Waals surface area contributed by atoms with Crippen molar-refractivity contribution in [2.24, 2.45) is 0 Å². The monoisotopic (exact) mass is 214 g/mol. The predicted octanol–water partition coefficient (Wildman–Crippen LogP) is 1.48. The van der Waals surface area contributed by atoms with E-state index in [9.17, 15) is 4.79 Å². The highest BCUT2D eigenvalue weighted by atomic mass is 35.5. The van der Waals surface area contributed by atoms with Gasteiger partial charge in [0, 0.05) is 5.56 Å². The molecule has 0 saturated carbocycles. The van der Waals surface area contributed by atoms with Crippen molar-refractivity contribution in [3.8, 4) is 5.75 Å². The Morgan fingerprint density at radius 3 is 2.93 bits per heavy atom. The van der Waals surface area contributed by atoms with Gasteiger partial charge in [0.25, 0.3) is 0 Å². The van der Waals surface area contributed by atoms with Crippen molar-refractivity contribution in [2.45, 2.75) is 0 Å². The van der Waals surface area contributed by atoms with Crippen molar-refractivity contribution >= 4 is 17.4 Å². The van der Waals surface area contributed by atoms with E-state index in [4.69, 9.17) is 21.4 Å². The zero-order valence-electron chi connectivity index (χ0n) is 7.57. The summed E-state index contributed by atoms with van der Waals surface area (Å²) in [6.07, 6.45) is 0. The van der Waals surface area contributed by atoms with Gasteiger partial charge in [-0.15, -0.1) is 11.6 Å². The number of carbonyl (C=O) groups excluding carboxylic acids is 1. The molecule has 0 radical (unpaired) electrons. The third-order valence-corrected chi connectivity index (χ3v) is 1.80. The molecule has 3 nitrogen and oxygen atoms in total. The Bertz CT molecular complexity index is 312. The molecule has 0 heterocycles. The van der Waals surface area contributed by atoms with Crippen LogP contribution in [0, 0.1) is 0 Å². The number of aliphatic hydroxyl groups is 1. The normalized spacial score (nSPS) is 9.86. The minimum atomic E-state index is -0.487. The molecule has 1 aromatic carbocycles. The van der Waals surface area contributed by atoms with Crippen LogP contribution < -0.4 is 4.74 Å². The van der Waals surface area contributed by atoms with Crippen LogP contribution >= 0.6 is 11.6 Å². The second-order valence-electron chi connectivity index (χ2n) is 2.65. The number of hydrogen-bond acceptors (Lipinski definition) is 3. The Morgan fingerprint density at radius 1 is 1.50 bits per heavy atom. The summed E-state index contributed by atoms with van der Waals surface area (Å²) in [4.78, 5) is 11.1. The highest BCUT2D eigenvalue weighted by Gasteiger charge is 2.04. The van der Waals surface area contributed by atoms with Crippen LogP contribution in [0.25, 0.3) is 0 Å². The molecule has 0 aromatic heterocycles. The van der Waals surface area contributed by atoms with Crippen LogP contribution in [0.5, 0.6) is 5.75 Å². The molecule has 1 rings (SSSR count). The van der Waals surface area contributed by atoms with Gasteiger partial charge in [-0.3, -0.25) is 4.79 Å². The van der Waals surface area contributed by atoms with Crippen LogP contribution in [0.4, 0.5) is 0 Å². The summed E-state index contributed by atoms with van der Waals surface area (Å²) in [5, 5.41) is 8.64. The van der Waals surface area contributed by atoms with Crippen molar-refractivity contribution in [3.05, 3.63) is 29.8 Å². The van der Waals surface area contributed by atoms with E-state index in [1.165, 1.54) is 0 Å². The molecular formula is C10H11ClO3. The molecule has 0 aliphatic heterocycles. The number of Topliss-reactive ketones (excluding diaryl/α,β-unsaturated/α-hetero) is 1. The third kappa shape index (κ3) is 3.01. The van der Waals surface area contributed by atoms with Gasteiger partial charge in [-0.1, -0.05) is 12.1 Å². The number of ketones is 1. The fraction of sp³-hybridized carbons (Fsp3) is 0.300. The van der Waals surface area contributed by atoms with Gasteiger partial charge in [0.1, 0.15) is 19.0 Å². The highest BCUT2D eigenvalue weighted by molar-refractivity contribution is 6.18. The van der Waals surface area contributed by atoms with Gasteiger partial charge in [-0.2, -0.15) is 0 Å². The average Bonchev–Trinajstić information content (AvgIpc) is 2.25. The zero-order chi connectivity index (χ0) is 10.4. The summed E-state index contributed by atoms with van der Waals surface area (Å²) in [7, 11) is 0. The smallest absolute Gasteiger partial charge is 0.188 e. The van der Waals surface area contributed by atoms with Crippen molar-refractivity contribution < 1.29 is 14.6 Å². The first-order chi connectivity index (χ1) is 6.77. The van der Waals surface area contributed by atoms with Gasteiger partial charge in [0.2, 0.25) is 0 Å². The van der Waals surface area contributed by atoms with Crippen LogP contribution in [-0.2, 0) is 0 Å². The summed E-state index contributed by atoms with van der Waals surface area (Å²) < 4.78 is 5.22. The van der Waals surface area contributed by atoms with E-state index in [1.54, 1.807) is 24.3 Å². The molecule has 0 unspecified atom stereocenters. The molecule has 4 heteroatoms. The highest BCUT2D eigenvalue weighted by Crippen LogP contribution is 2.13. The quantitative estimate of drug-likeness (QED) is 0.597. The predicted molar refractivity (Wildman–Crippen MR) is 54.1 cm³/mol. The van der Waals surface area contributed by atoms with Crippen LogP contribution in [0.1, 0.15) is 10.4 Å². The Labute approximate surface area is 87.3 Å². The van der Waals surface area contributed by atoms with Crippen molar-refractivity contribution in [3.63, 3.8) is 0 Å². The lowest BCUT2D eigenvalue weighted by molar-refractivity contribution is 0.0903. The van der Waals surface area contributed by atoms with Gasteiger partial charge >= 0.3 is 0 Å². The third-order valence-electron chi connectivity index (χ3n) is 1.65. The first kappa shape index (κ1) is 11.0. The first-order valence-electron chi connectivity index (χ1n) is 4.21. The molecule has 76 valence electrons. The number of hydrogen-bond donors (Lipinski definition) is 1. The van der Waals surface area contributed by atoms with Gasteiger partial charge < -0.3 is 9.84 Å². The molecule has 1 N–H and O–H groups in total. The van der Waals surface area contributed by atoms with Gasteiger partial charge in [0.05, 0.1) is 5.88 Å². The molecular weight excluding hydrogens is 204 g/mol. The summed E-state index contributed by atoms with van der Waals surface area (Å²) in [6.45, 7) is -0.0860. The van der Waals surface area contributed by atoms with E-state index in [2.05, 4.69) is 0 Å². The fourth-order valence-electron chi connectivity index (χ4n) is 1.01. The van der Waals surface area contributed by atoms with Gasteiger partial charge in [-0.25, -0.2) is 0 Å². The average molecular weight is 215 g/mol. The second-order valence-corrected chi connectivity index (χ2v) is 3.02. The first-order valence-corrected chi connectivity index (χ1v) is 4.74. The minimum absolute atomic E-state index is 0.318. The lowest BCUT2D eigenvalue weighted by Crippen LogP contribution is -2.05. The molecule has 0 amide bonds. The summed E-state index contributed by atoms with van der Waals surface area (Å²) >= 11 is 5.45. The van der Waals surface area contributed by atoms with E-state index in [1.807, 2.05) is 0 Å². The SMILES string of the molecule is O=C(CO)c1cccc(OCCCl)c1. The second kappa shape index (κ2) is 5.62. The van der Waals surface area contributed by atoms with Crippen LogP contribution in [0.2, 0.25) is 0 Å². The Kier molecular flexibility index (Phi) is 4.43. The Balaban J connectivity index is 2.73. The van der Waals surface area contributed by atoms with E-state index in [-0.39, 0.29) is 5.78 Å². The van der Waals surface area contributed by atoms with Gasteiger partial charge in [0.15, 0.2) is 5.78 Å². The minimum Gasteiger partial charge on any atom is -0.492 e. The van der Waals surface area contributed by atoms with Crippen molar-refractivity contribution in [1.29, 1.82) is 0 Å². The molecule has 0 bridgehead atoms. The molecule has 1 aromatic rings. The molecule has 14 heavy (non-hydrogen) atoms. The molecule has 0 aliphatic rings. The van der Waals surface area contributed by atoms with Crippen molar-refractivity contribution in [2.75, 3.05) is 19.1 Å². The lowest BCUT2D eigenvalue weighted by Gasteiger charge is -2.04. The fourth-order valence-corrected chi connectivity index (χ4v) is 1.08.